The molecule has 0 aromatic rings. The summed E-state index contributed by atoms with van der Waals surface area (Å²) in [7, 11) is 0. The van der Waals surface area contributed by atoms with Gasteiger partial charge in [-0.05, 0) is 46.1 Å². The highest BCUT2D eigenvalue weighted by Gasteiger charge is 2.23. The van der Waals surface area contributed by atoms with Gasteiger partial charge in [0.2, 0.25) is 0 Å². The monoisotopic (exact) mass is 347 g/mol. The van der Waals surface area contributed by atoms with Crippen LogP contribution in [0.15, 0.2) is 0 Å². The second kappa shape index (κ2) is 10.2. The Morgan fingerprint density at radius 3 is 2.36 bits per heavy atom. The van der Waals surface area contributed by atoms with Gasteiger partial charge in [0, 0.05) is 18.9 Å². The molecule has 0 aromatic heterocycles. The van der Waals surface area contributed by atoms with Crippen molar-refractivity contribution in [2.75, 3.05) is 25.1 Å². The molecule has 0 aliphatic heterocycles. The van der Waals surface area contributed by atoms with Crippen molar-refractivity contribution in [3.63, 3.8) is 0 Å². The maximum Gasteiger partial charge on any atom is 0.326 e. The Bertz CT molecular complexity index is 391. The van der Waals surface area contributed by atoms with Gasteiger partial charge in [-0.2, -0.15) is 11.8 Å². The van der Waals surface area contributed by atoms with Crippen molar-refractivity contribution in [2.45, 2.75) is 53.1 Å². The number of rotatable bonds is 9. The summed E-state index contributed by atoms with van der Waals surface area (Å²) in [4.78, 5) is 25.9. The Hall–Kier alpha value is -0.620. The number of hydrogen-bond acceptors (Lipinski definition) is 5. The van der Waals surface area contributed by atoms with Gasteiger partial charge in [0.25, 0.3) is 0 Å². The van der Waals surface area contributed by atoms with Gasteiger partial charge in [0.05, 0.1) is 4.99 Å². The minimum atomic E-state index is -0.505. The molecule has 0 fully saturated rings. The second-order valence-corrected chi connectivity index (χ2v) is 7.90. The number of thiocarbonyl (C=S) groups is 1. The van der Waals surface area contributed by atoms with E-state index in [1.54, 1.807) is 18.7 Å². The average Bonchev–Trinajstić information content (AvgIpc) is 2.33. The van der Waals surface area contributed by atoms with Crippen LogP contribution in [0.3, 0.4) is 0 Å². The number of hydrogen-bond donors (Lipinski definition) is 0. The van der Waals surface area contributed by atoms with Gasteiger partial charge >= 0.3 is 5.97 Å². The van der Waals surface area contributed by atoms with Gasteiger partial charge in [0.15, 0.2) is 0 Å². The Morgan fingerprint density at radius 2 is 1.91 bits per heavy atom. The molecule has 0 saturated carbocycles. The molecule has 1 atom stereocenters. The summed E-state index contributed by atoms with van der Waals surface area (Å²) in [6.45, 7) is 9.89. The van der Waals surface area contributed by atoms with Gasteiger partial charge in [-0.3, -0.25) is 4.79 Å². The van der Waals surface area contributed by atoms with E-state index in [0.29, 0.717) is 18.0 Å². The van der Waals surface area contributed by atoms with Gasteiger partial charge in [-0.1, -0.05) is 19.1 Å². The first-order chi connectivity index (χ1) is 10.1. The number of Topliss-reactive ketones (excluding diaryl/α,β-unsaturated/α-hetero) is 1. The summed E-state index contributed by atoms with van der Waals surface area (Å²) in [5.41, 5.74) is -0.505. The zero-order valence-electron chi connectivity index (χ0n) is 14.6. The molecular weight excluding hydrogens is 318 g/mol. The Labute approximate surface area is 144 Å². The summed E-state index contributed by atoms with van der Waals surface area (Å²) in [5.74, 6) is 0.795. The minimum Gasteiger partial charge on any atom is -0.459 e. The van der Waals surface area contributed by atoms with E-state index >= 15 is 0 Å². The lowest BCUT2D eigenvalue weighted by atomic mass is 10.0. The zero-order valence-corrected chi connectivity index (χ0v) is 16.2. The summed E-state index contributed by atoms with van der Waals surface area (Å²) in [6.07, 6.45) is 3.40. The third-order valence-electron chi connectivity index (χ3n) is 2.84. The molecule has 0 saturated heterocycles. The minimum absolute atomic E-state index is 0.0378. The van der Waals surface area contributed by atoms with E-state index in [1.807, 2.05) is 32.6 Å². The maximum atomic E-state index is 12.1. The van der Waals surface area contributed by atoms with Crippen LogP contribution in [0.4, 0.5) is 0 Å². The van der Waals surface area contributed by atoms with E-state index in [4.69, 9.17) is 17.0 Å². The van der Waals surface area contributed by atoms with Crippen molar-refractivity contribution in [3.8, 4) is 0 Å². The first-order valence-corrected chi connectivity index (χ1v) is 9.36. The standard InChI is InChI=1S/C16H29NO3S2/c1-12(10-13(2)18)15(21)17(8-7-9-22-6)11-14(19)20-16(3,4)5/h12H,7-11H2,1-6H3. The van der Waals surface area contributed by atoms with E-state index in [-0.39, 0.29) is 24.2 Å². The van der Waals surface area contributed by atoms with Gasteiger partial charge in [-0.15, -0.1) is 0 Å². The third kappa shape index (κ3) is 10.2. The lowest BCUT2D eigenvalue weighted by Crippen LogP contribution is -2.41. The topological polar surface area (TPSA) is 46.6 Å². The number of ether oxygens (including phenoxy) is 1. The fourth-order valence-corrected chi connectivity index (χ4v) is 2.68. The molecule has 0 rings (SSSR count). The van der Waals surface area contributed by atoms with Crippen molar-refractivity contribution < 1.29 is 14.3 Å². The van der Waals surface area contributed by atoms with Gasteiger partial charge in [-0.25, -0.2) is 0 Å². The Balaban J connectivity index is 4.76. The van der Waals surface area contributed by atoms with E-state index in [1.165, 1.54) is 0 Å². The van der Waals surface area contributed by atoms with Crippen molar-refractivity contribution in [1.82, 2.24) is 4.90 Å². The molecule has 128 valence electrons. The number of carbonyl (C=O) groups is 2. The lowest BCUT2D eigenvalue weighted by molar-refractivity contribution is -0.155. The van der Waals surface area contributed by atoms with Gasteiger partial charge < -0.3 is 14.4 Å². The van der Waals surface area contributed by atoms with E-state index < -0.39 is 5.60 Å². The van der Waals surface area contributed by atoms with Crippen LogP contribution in [0.25, 0.3) is 0 Å². The molecule has 0 aromatic carbocycles. The molecule has 0 amide bonds. The maximum absolute atomic E-state index is 12.1. The van der Waals surface area contributed by atoms with Crippen molar-refractivity contribution >= 4 is 40.7 Å². The molecule has 0 N–H and O–H groups in total. The highest BCUT2D eigenvalue weighted by Crippen LogP contribution is 2.13. The van der Waals surface area contributed by atoms with Crippen molar-refractivity contribution in [1.29, 1.82) is 0 Å². The van der Waals surface area contributed by atoms with Crippen LogP contribution in [0.5, 0.6) is 0 Å². The molecule has 0 aliphatic carbocycles. The predicted molar refractivity (Wildman–Crippen MR) is 97.5 cm³/mol. The second-order valence-electron chi connectivity index (χ2n) is 6.50. The van der Waals surface area contributed by atoms with Crippen LogP contribution in [0, 0.1) is 5.92 Å². The average molecular weight is 348 g/mol. The molecule has 4 nitrogen and oxygen atoms in total. The first kappa shape index (κ1) is 21.4. The van der Waals surface area contributed by atoms with E-state index in [0.717, 1.165) is 12.2 Å². The SMILES string of the molecule is CSCCCN(CC(=O)OC(C)(C)C)C(=S)C(C)CC(C)=O. The zero-order chi connectivity index (χ0) is 17.3. The number of ketones is 1. The lowest BCUT2D eigenvalue weighted by Gasteiger charge is -2.29. The highest BCUT2D eigenvalue weighted by atomic mass is 32.2. The van der Waals surface area contributed by atoms with Gasteiger partial charge in [0.1, 0.15) is 17.9 Å². The Morgan fingerprint density at radius 1 is 1.32 bits per heavy atom. The molecule has 0 aliphatic rings. The highest BCUT2D eigenvalue weighted by molar-refractivity contribution is 7.98. The van der Waals surface area contributed by atoms with Crippen LogP contribution in [0.1, 0.15) is 47.5 Å². The molecule has 0 heterocycles. The molecule has 0 radical (unpaired) electrons. The molecule has 6 heteroatoms. The van der Waals surface area contributed by atoms with Crippen LogP contribution in [0.2, 0.25) is 0 Å². The van der Waals surface area contributed by atoms with E-state index in [9.17, 15) is 9.59 Å². The Kier molecular flexibility index (Phi) is 9.92. The number of nitrogens with zero attached hydrogens (tertiary/aromatic N) is 1. The van der Waals surface area contributed by atoms with Crippen LogP contribution >= 0.6 is 24.0 Å². The fraction of sp³-hybridized carbons (Fsp3) is 0.812. The van der Waals surface area contributed by atoms with Crippen LogP contribution in [-0.4, -0.2) is 52.3 Å². The first-order valence-electron chi connectivity index (χ1n) is 7.55. The largest absolute Gasteiger partial charge is 0.459 e. The molecule has 1 unspecified atom stereocenters. The smallest absolute Gasteiger partial charge is 0.326 e. The van der Waals surface area contributed by atoms with Crippen LogP contribution < -0.4 is 0 Å². The van der Waals surface area contributed by atoms with E-state index in [2.05, 4.69) is 6.26 Å². The summed E-state index contributed by atoms with van der Waals surface area (Å²) < 4.78 is 5.37. The number of esters is 1. The van der Waals surface area contributed by atoms with Crippen molar-refractivity contribution in [3.05, 3.63) is 0 Å². The summed E-state index contributed by atoms with van der Waals surface area (Å²) in [5, 5.41) is 0. The quantitative estimate of drug-likeness (QED) is 0.362. The summed E-state index contributed by atoms with van der Waals surface area (Å²) in [6, 6.07) is 0. The van der Waals surface area contributed by atoms with Crippen LogP contribution in [-0.2, 0) is 14.3 Å². The third-order valence-corrected chi connectivity index (χ3v) is 4.20. The summed E-state index contributed by atoms with van der Waals surface area (Å²) >= 11 is 7.25. The molecule has 0 bridgehead atoms. The fourth-order valence-electron chi connectivity index (χ4n) is 2.03. The predicted octanol–water partition coefficient (Wildman–Crippen LogP) is 3.33. The molecule has 22 heavy (non-hydrogen) atoms. The number of thioether (sulfide) groups is 1. The molecular formula is C16H29NO3S2. The van der Waals surface area contributed by atoms with Crippen molar-refractivity contribution in [2.24, 2.45) is 5.92 Å². The normalized spacial score (nSPS) is 12.6. The molecule has 0 spiro atoms. The number of carbonyl (C=O) groups excluding carboxylic acids is 2.